The number of aliphatic carboxylic acids is 4. The van der Waals surface area contributed by atoms with Gasteiger partial charge < -0.3 is 43.9 Å². The summed E-state index contributed by atoms with van der Waals surface area (Å²) >= 11 is 0. The smallest absolute Gasteiger partial charge is 0.480 e. The number of hydrogen-bond donors (Lipinski definition) is 5. The zero-order chi connectivity index (χ0) is 55.7. The molecule has 3 aromatic carbocycles. The molecule has 23 heteroatoms. The predicted molar refractivity (Wildman–Crippen MR) is 278 cm³/mol. The molecule has 1 aromatic heterocycles. The van der Waals surface area contributed by atoms with Gasteiger partial charge in [0.15, 0.2) is 17.6 Å². The van der Waals surface area contributed by atoms with E-state index in [0.29, 0.717) is 89.8 Å². The molecule has 19 nitrogen and oxygen atoms in total. The number of likely N-dealkylation sites (tertiary alicyclic amines) is 1. The molecule has 10 rings (SSSR count). The van der Waals surface area contributed by atoms with Crippen LogP contribution in [0.1, 0.15) is 79.0 Å². The molecular formula is C55H69F3N6O13S. The van der Waals surface area contributed by atoms with Crippen LogP contribution in [0.4, 0.5) is 13.2 Å². The Kier molecular flexibility index (Phi) is 16.9. The van der Waals surface area contributed by atoms with E-state index in [-0.39, 0.29) is 36.3 Å². The largest absolute Gasteiger partial charge is 0.490 e. The van der Waals surface area contributed by atoms with Crippen molar-refractivity contribution in [2.24, 2.45) is 5.92 Å². The lowest BCUT2D eigenvalue weighted by molar-refractivity contribution is -0.192. The van der Waals surface area contributed by atoms with Gasteiger partial charge in [0.25, 0.3) is 0 Å². The lowest BCUT2D eigenvalue weighted by Gasteiger charge is -2.63. The van der Waals surface area contributed by atoms with E-state index in [1.807, 2.05) is 22.8 Å². The molecule has 6 aliphatic rings. The maximum Gasteiger partial charge on any atom is 0.490 e. The highest BCUT2D eigenvalue weighted by Gasteiger charge is 2.73. The SMILES string of the molecule is Cc1ccc(S(=O)(=O)Oc2ccc3c4c2O[C@H]2c5c(c6ccccc6n5CCCCCCN5CCN(CC(=O)O)CCN(CC(=O)O)CCN(CC(=O)O)CC5)C[C@@]5(O)[C@@H](C3)N(CC3CC3)CC[C@]425)cc1.O=C(O)C(F)(F)F. The second kappa shape index (κ2) is 23.1. The number of carboxylic acids is 4. The number of hydrogen-bond acceptors (Lipinski definition) is 14. The number of unbranched alkanes of at least 4 members (excludes halogenated alkanes) is 3. The fourth-order valence-corrected chi connectivity index (χ4v) is 13.7. The highest BCUT2D eigenvalue weighted by molar-refractivity contribution is 7.87. The minimum atomic E-state index is -5.08. The number of ether oxygens (including phenoxy) is 1. The third kappa shape index (κ3) is 12.0. The van der Waals surface area contributed by atoms with Crippen LogP contribution in [0.25, 0.3) is 10.9 Å². The zero-order valence-corrected chi connectivity index (χ0v) is 44.5. The van der Waals surface area contributed by atoms with Gasteiger partial charge in [-0.25, -0.2) is 4.79 Å². The number of para-hydroxylation sites is 1. The standard InChI is InChI=1S/C53H68N6O11S.C2HF3O2/c1-36-10-15-39(16-11-36)71(67,68)70-43-17-14-38-30-44-53(66)31-41-40-8-4-5-9-42(40)59(49(41)51-52(53,48(38)50(43)69-51)18-21-58(44)32-37-12-13-37)20-7-3-2-6-19-54-22-24-55(33-45(60)61)26-28-57(35-47(64)65)29-27-56(25-23-54)34-46(62)63;3-2(4,5)1(6)7/h4-5,8-11,14-17,37,44,51,66H,2-3,6-7,12-13,18-35H2,1H3,(H,60,61)(H,62,63)(H,64,65);(H,6,7)/t44-,51+,52+,53-;/m1./s1. The summed E-state index contributed by atoms with van der Waals surface area (Å²) in [7, 11) is -4.22. The third-order valence-corrected chi connectivity index (χ3v) is 17.9. The molecule has 3 aliphatic heterocycles. The van der Waals surface area contributed by atoms with Gasteiger partial charge in [0, 0.05) is 94.4 Å². The fraction of sp³-hybridized carbons (Fsp3) is 0.564. The Labute approximate surface area is 450 Å². The van der Waals surface area contributed by atoms with Crippen molar-refractivity contribution in [1.29, 1.82) is 0 Å². The van der Waals surface area contributed by atoms with Crippen LogP contribution in [0.3, 0.4) is 0 Å². The molecule has 3 fully saturated rings. The molecule has 0 unspecified atom stereocenters. The molecule has 78 heavy (non-hydrogen) atoms. The molecule has 2 bridgehead atoms. The van der Waals surface area contributed by atoms with E-state index in [1.54, 1.807) is 35.2 Å². The summed E-state index contributed by atoms with van der Waals surface area (Å²) in [5.74, 6) is -4.43. The third-order valence-electron chi connectivity index (χ3n) is 16.7. The zero-order valence-electron chi connectivity index (χ0n) is 43.7. The van der Waals surface area contributed by atoms with Crippen LogP contribution >= 0.6 is 0 Å². The molecule has 1 saturated carbocycles. The number of carbonyl (C=O) groups is 4. The second-order valence-corrected chi connectivity index (χ2v) is 23.4. The van der Waals surface area contributed by atoms with Crippen LogP contribution in [0.2, 0.25) is 0 Å². The van der Waals surface area contributed by atoms with Gasteiger partial charge in [-0.1, -0.05) is 54.8 Å². The molecule has 4 heterocycles. The van der Waals surface area contributed by atoms with E-state index >= 15 is 0 Å². The monoisotopic (exact) mass is 1110 g/mol. The molecule has 4 atom stereocenters. The number of nitrogens with zero attached hydrogens (tertiary/aromatic N) is 6. The van der Waals surface area contributed by atoms with Crippen LogP contribution in [-0.4, -0.2) is 196 Å². The summed E-state index contributed by atoms with van der Waals surface area (Å²) in [6, 6.07) is 18.6. The van der Waals surface area contributed by atoms with Gasteiger partial charge >= 0.3 is 40.2 Å². The van der Waals surface area contributed by atoms with E-state index in [2.05, 4.69) is 38.6 Å². The first-order valence-electron chi connectivity index (χ1n) is 26.8. The van der Waals surface area contributed by atoms with Gasteiger partial charge in [-0.15, -0.1) is 0 Å². The summed E-state index contributed by atoms with van der Waals surface area (Å²) in [5.41, 5.74) is 4.12. The number of piperidine rings is 1. The molecular weight excluding hydrogens is 1040 g/mol. The van der Waals surface area contributed by atoms with E-state index in [0.717, 1.165) is 84.2 Å². The van der Waals surface area contributed by atoms with E-state index in [1.165, 1.54) is 12.8 Å². The van der Waals surface area contributed by atoms with Gasteiger partial charge in [0.05, 0.1) is 36.3 Å². The van der Waals surface area contributed by atoms with Gasteiger partial charge in [-0.05, 0) is 99.8 Å². The Morgan fingerprint density at radius 1 is 0.731 bits per heavy atom. The highest BCUT2D eigenvalue weighted by Crippen LogP contribution is 2.69. The van der Waals surface area contributed by atoms with E-state index in [9.17, 15) is 56.4 Å². The van der Waals surface area contributed by atoms with E-state index in [4.69, 9.17) is 18.8 Å². The predicted octanol–water partition coefficient (Wildman–Crippen LogP) is 5.09. The second-order valence-electron chi connectivity index (χ2n) is 21.9. The maximum atomic E-state index is 13.9. The van der Waals surface area contributed by atoms with Crippen molar-refractivity contribution in [3.8, 4) is 11.5 Å². The Morgan fingerprint density at radius 3 is 1.83 bits per heavy atom. The van der Waals surface area contributed by atoms with Crippen LogP contribution in [-0.2, 0) is 54.1 Å². The summed E-state index contributed by atoms with van der Waals surface area (Å²) in [6.45, 7) is 8.28. The minimum absolute atomic E-state index is 0.0600. The molecule has 4 aromatic rings. The van der Waals surface area contributed by atoms with Crippen molar-refractivity contribution in [3.05, 3.63) is 88.6 Å². The number of carboxylic acid groups (broad SMARTS) is 4. The first-order chi connectivity index (χ1) is 37.1. The van der Waals surface area contributed by atoms with Crippen molar-refractivity contribution in [2.45, 2.75) is 105 Å². The van der Waals surface area contributed by atoms with Crippen LogP contribution in [0, 0.1) is 12.8 Å². The average molecular weight is 1110 g/mol. The van der Waals surface area contributed by atoms with E-state index < -0.39 is 57.3 Å². The Morgan fingerprint density at radius 2 is 1.28 bits per heavy atom. The minimum Gasteiger partial charge on any atom is -0.480 e. The number of benzene rings is 3. The molecule has 0 amide bonds. The van der Waals surface area contributed by atoms with Crippen molar-refractivity contribution >= 4 is 44.9 Å². The number of aryl methyl sites for hydroxylation is 2. The topological polar surface area (TPSA) is 243 Å². The molecule has 0 radical (unpaired) electrons. The Hall–Kier alpha value is -5.82. The highest BCUT2D eigenvalue weighted by atomic mass is 32.2. The normalized spacial score (nSPS) is 24.2. The first-order valence-corrected chi connectivity index (χ1v) is 28.2. The average Bonchev–Trinajstić information content (AvgIpc) is 3.63. The number of aromatic nitrogens is 1. The Bertz CT molecular complexity index is 2960. The maximum absolute atomic E-state index is 13.9. The summed E-state index contributed by atoms with van der Waals surface area (Å²) < 4.78 is 75.2. The quantitative estimate of drug-likeness (QED) is 0.0644. The number of aliphatic hydroxyl groups is 1. The van der Waals surface area contributed by atoms with Crippen molar-refractivity contribution in [2.75, 3.05) is 91.6 Å². The number of rotatable bonds is 18. The van der Waals surface area contributed by atoms with Gasteiger partial charge in [-0.3, -0.25) is 34.0 Å². The van der Waals surface area contributed by atoms with Gasteiger partial charge in [0.2, 0.25) is 0 Å². The summed E-state index contributed by atoms with van der Waals surface area (Å²) in [6.07, 6.45) is 2.15. The summed E-state index contributed by atoms with van der Waals surface area (Å²) in [4.78, 5) is 54.5. The lowest BCUT2D eigenvalue weighted by Crippen LogP contribution is -2.74. The van der Waals surface area contributed by atoms with Crippen LogP contribution in [0.15, 0.2) is 65.6 Å². The van der Waals surface area contributed by atoms with Crippen LogP contribution < -0.4 is 8.92 Å². The van der Waals surface area contributed by atoms with Gasteiger partial charge in [-0.2, -0.15) is 21.6 Å². The molecule has 424 valence electrons. The van der Waals surface area contributed by atoms with Crippen LogP contribution in [0.5, 0.6) is 11.5 Å². The van der Waals surface area contributed by atoms with Crippen molar-refractivity contribution in [1.82, 2.24) is 29.1 Å². The summed E-state index contributed by atoms with van der Waals surface area (Å²) in [5, 5.41) is 50.8. The fourth-order valence-electron chi connectivity index (χ4n) is 12.8. The number of halogens is 3. The van der Waals surface area contributed by atoms with Gasteiger partial charge in [0.1, 0.15) is 4.90 Å². The molecule has 3 aliphatic carbocycles. The number of fused-ring (bicyclic) bond motifs is 4. The van der Waals surface area contributed by atoms with Crippen molar-refractivity contribution < 1.29 is 75.2 Å². The number of alkyl halides is 3. The molecule has 5 N–H and O–H groups in total. The van der Waals surface area contributed by atoms with Crippen molar-refractivity contribution in [3.63, 3.8) is 0 Å². The lowest BCUT2D eigenvalue weighted by atomic mass is 9.49. The molecule has 1 spiro atoms. The first kappa shape index (κ1) is 56.9. The molecule has 2 saturated heterocycles. The Balaban J connectivity index is 0.000000990.